The van der Waals surface area contributed by atoms with E-state index < -0.39 is 0 Å². The number of aromatic amines is 1. The summed E-state index contributed by atoms with van der Waals surface area (Å²) in [5.41, 5.74) is 9.54. The highest BCUT2D eigenvalue weighted by Crippen LogP contribution is 2.25. The smallest absolute Gasteiger partial charge is 0.221 e. The van der Waals surface area contributed by atoms with Crippen LogP contribution in [-0.2, 0) is 11.2 Å². The second kappa shape index (κ2) is 3.42. The van der Waals surface area contributed by atoms with E-state index >= 15 is 0 Å². The van der Waals surface area contributed by atoms with Gasteiger partial charge in [0.2, 0.25) is 5.91 Å². The number of hydrogen-bond donors (Lipinski definition) is 2. The molecule has 3 N–H and O–H groups in total. The maximum Gasteiger partial charge on any atom is 0.221 e. The van der Waals surface area contributed by atoms with Crippen molar-refractivity contribution in [3.63, 3.8) is 0 Å². The second-order valence-corrected chi connectivity index (χ2v) is 3.87. The van der Waals surface area contributed by atoms with Gasteiger partial charge >= 0.3 is 0 Å². The number of fused-ring (bicyclic) bond motifs is 1. The average Bonchev–Trinajstić information content (AvgIpc) is 2.43. The van der Waals surface area contributed by atoms with Gasteiger partial charge in [0.25, 0.3) is 0 Å². The number of aromatic nitrogens is 1. The van der Waals surface area contributed by atoms with Crippen molar-refractivity contribution in [1.82, 2.24) is 4.98 Å². The number of aryl methyl sites for hydroxylation is 2. The summed E-state index contributed by atoms with van der Waals surface area (Å²) in [6.07, 6.45) is 0.302. The molecule has 2 aromatic rings. The third-order valence-corrected chi connectivity index (χ3v) is 2.70. The number of rotatable bonds is 2. The van der Waals surface area contributed by atoms with Gasteiger partial charge in [-0.05, 0) is 31.0 Å². The number of primary amides is 1. The number of benzene rings is 1. The van der Waals surface area contributed by atoms with E-state index in [-0.39, 0.29) is 5.91 Å². The molecule has 0 bridgehead atoms. The molecule has 1 aromatic carbocycles. The predicted molar refractivity (Wildman–Crippen MR) is 60.7 cm³/mol. The van der Waals surface area contributed by atoms with Crippen LogP contribution in [0.1, 0.15) is 16.8 Å². The minimum absolute atomic E-state index is 0.290. The van der Waals surface area contributed by atoms with E-state index in [1.54, 1.807) is 0 Å². The number of carbonyl (C=O) groups is 1. The lowest BCUT2D eigenvalue weighted by Crippen LogP contribution is -2.14. The van der Waals surface area contributed by atoms with Gasteiger partial charge in [0.05, 0.1) is 6.42 Å². The van der Waals surface area contributed by atoms with Crippen LogP contribution in [0.4, 0.5) is 0 Å². The van der Waals surface area contributed by atoms with Crippen molar-refractivity contribution in [3.8, 4) is 0 Å². The van der Waals surface area contributed by atoms with Crippen molar-refractivity contribution in [2.75, 3.05) is 0 Å². The Morgan fingerprint density at radius 2 is 2.13 bits per heavy atom. The molecule has 0 saturated carbocycles. The number of carbonyl (C=O) groups excluding carboxylic acids is 1. The molecule has 0 saturated heterocycles. The Kier molecular flexibility index (Phi) is 2.23. The molecule has 0 aliphatic rings. The fourth-order valence-electron chi connectivity index (χ4n) is 2.03. The Hall–Kier alpha value is -1.77. The van der Waals surface area contributed by atoms with E-state index in [1.807, 2.05) is 32.0 Å². The van der Waals surface area contributed by atoms with Crippen LogP contribution in [0.2, 0.25) is 0 Å². The molecule has 1 amide bonds. The first kappa shape index (κ1) is 9.77. The van der Waals surface area contributed by atoms with Crippen LogP contribution in [0.3, 0.4) is 0 Å². The Morgan fingerprint density at radius 3 is 2.80 bits per heavy atom. The molecule has 0 unspecified atom stereocenters. The van der Waals surface area contributed by atoms with Crippen molar-refractivity contribution in [1.29, 1.82) is 0 Å². The van der Waals surface area contributed by atoms with Gasteiger partial charge in [-0.15, -0.1) is 0 Å². The van der Waals surface area contributed by atoms with E-state index in [2.05, 4.69) is 4.98 Å². The molecule has 0 fully saturated rings. The zero-order valence-corrected chi connectivity index (χ0v) is 8.92. The van der Waals surface area contributed by atoms with Crippen LogP contribution in [0, 0.1) is 13.8 Å². The van der Waals surface area contributed by atoms with Gasteiger partial charge < -0.3 is 10.7 Å². The molecule has 0 radical (unpaired) electrons. The van der Waals surface area contributed by atoms with Gasteiger partial charge in [-0.25, -0.2) is 0 Å². The van der Waals surface area contributed by atoms with Crippen molar-refractivity contribution in [2.24, 2.45) is 5.73 Å². The summed E-state index contributed by atoms with van der Waals surface area (Å²) in [5.74, 6) is -0.290. The summed E-state index contributed by atoms with van der Waals surface area (Å²) >= 11 is 0. The van der Waals surface area contributed by atoms with Crippen LogP contribution in [0.5, 0.6) is 0 Å². The van der Waals surface area contributed by atoms with Crippen LogP contribution in [0.15, 0.2) is 18.2 Å². The first-order valence-corrected chi connectivity index (χ1v) is 4.94. The normalized spacial score (nSPS) is 10.8. The molecule has 3 nitrogen and oxygen atoms in total. The third-order valence-electron chi connectivity index (χ3n) is 2.70. The summed E-state index contributed by atoms with van der Waals surface area (Å²) in [6.45, 7) is 4.01. The standard InChI is InChI=1S/C12H14N2O/c1-7-4-3-5-10-12(7)9(6-11(13)15)8(2)14-10/h3-5,14H,6H2,1-2H3,(H2,13,15). The number of H-pyrrole nitrogens is 1. The van der Waals surface area contributed by atoms with Crippen molar-refractivity contribution >= 4 is 16.8 Å². The lowest BCUT2D eigenvalue weighted by atomic mass is 10.0. The van der Waals surface area contributed by atoms with Gasteiger partial charge in [0, 0.05) is 16.6 Å². The van der Waals surface area contributed by atoms with E-state index in [4.69, 9.17) is 5.73 Å². The van der Waals surface area contributed by atoms with Gasteiger partial charge in [0.1, 0.15) is 0 Å². The Balaban J connectivity index is 2.71. The molecule has 0 aliphatic carbocycles. The highest BCUT2D eigenvalue weighted by Gasteiger charge is 2.11. The number of amides is 1. The quantitative estimate of drug-likeness (QED) is 0.766. The van der Waals surface area contributed by atoms with Crippen LogP contribution < -0.4 is 5.73 Å². The van der Waals surface area contributed by atoms with Gasteiger partial charge in [-0.1, -0.05) is 12.1 Å². The van der Waals surface area contributed by atoms with Crippen molar-refractivity contribution in [2.45, 2.75) is 20.3 Å². The topological polar surface area (TPSA) is 58.9 Å². The second-order valence-electron chi connectivity index (χ2n) is 3.87. The zero-order chi connectivity index (χ0) is 11.0. The van der Waals surface area contributed by atoms with Crippen molar-refractivity contribution in [3.05, 3.63) is 35.0 Å². The van der Waals surface area contributed by atoms with E-state index in [1.165, 1.54) is 5.56 Å². The summed E-state index contributed by atoms with van der Waals surface area (Å²) < 4.78 is 0. The minimum atomic E-state index is -0.290. The predicted octanol–water partition coefficient (Wildman–Crippen LogP) is 1.81. The summed E-state index contributed by atoms with van der Waals surface area (Å²) in [7, 11) is 0. The Morgan fingerprint density at radius 1 is 1.40 bits per heavy atom. The molecule has 2 rings (SSSR count). The summed E-state index contributed by atoms with van der Waals surface area (Å²) in [5, 5.41) is 1.13. The van der Waals surface area contributed by atoms with E-state index in [0.717, 1.165) is 22.2 Å². The molecule has 0 atom stereocenters. The fourth-order valence-corrected chi connectivity index (χ4v) is 2.03. The Labute approximate surface area is 88.3 Å². The van der Waals surface area contributed by atoms with Gasteiger partial charge in [-0.2, -0.15) is 0 Å². The number of nitrogens with one attached hydrogen (secondary N) is 1. The SMILES string of the molecule is Cc1[nH]c2cccc(C)c2c1CC(N)=O. The highest BCUT2D eigenvalue weighted by molar-refractivity contribution is 5.91. The number of nitrogens with two attached hydrogens (primary N) is 1. The lowest BCUT2D eigenvalue weighted by Gasteiger charge is -2.00. The summed E-state index contributed by atoms with van der Waals surface area (Å²) in [4.78, 5) is 14.2. The van der Waals surface area contributed by atoms with Gasteiger partial charge in [0.15, 0.2) is 0 Å². The fraction of sp³-hybridized carbons (Fsp3) is 0.250. The van der Waals surface area contributed by atoms with Crippen LogP contribution >= 0.6 is 0 Å². The van der Waals surface area contributed by atoms with Gasteiger partial charge in [-0.3, -0.25) is 4.79 Å². The first-order chi connectivity index (χ1) is 7.09. The average molecular weight is 202 g/mol. The maximum absolute atomic E-state index is 11.0. The highest BCUT2D eigenvalue weighted by atomic mass is 16.1. The number of hydrogen-bond acceptors (Lipinski definition) is 1. The van der Waals surface area contributed by atoms with Crippen LogP contribution in [-0.4, -0.2) is 10.9 Å². The molecule has 1 aromatic heterocycles. The van der Waals surface area contributed by atoms with E-state index in [0.29, 0.717) is 6.42 Å². The molecule has 15 heavy (non-hydrogen) atoms. The minimum Gasteiger partial charge on any atom is -0.369 e. The maximum atomic E-state index is 11.0. The molecule has 0 aliphatic heterocycles. The zero-order valence-electron chi connectivity index (χ0n) is 8.92. The largest absolute Gasteiger partial charge is 0.369 e. The van der Waals surface area contributed by atoms with E-state index in [9.17, 15) is 4.79 Å². The Bertz CT molecular complexity index is 526. The molecule has 0 spiro atoms. The molecular weight excluding hydrogens is 188 g/mol. The molecule has 1 heterocycles. The monoisotopic (exact) mass is 202 g/mol. The van der Waals surface area contributed by atoms with Crippen LogP contribution in [0.25, 0.3) is 10.9 Å². The first-order valence-electron chi connectivity index (χ1n) is 4.94. The van der Waals surface area contributed by atoms with Crippen molar-refractivity contribution < 1.29 is 4.79 Å². The third kappa shape index (κ3) is 1.61. The molecule has 3 heteroatoms. The summed E-state index contributed by atoms with van der Waals surface area (Å²) in [6, 6.07) is 6.06. The molecule has 78 valence electrons. The molecular formula is C12H14N2O. The lowest BCUT2D eigenvalue weighted by molar-refractivity contribution is -0.117.